The molecule has 0 radical (unpaired) electrons. The Kier molecular flexibility index (Phi) is 7.63. The number of hydrogen-bond acceptors (Lipinski definition) is 7. The molecular weight excluding hydrogens is 454 g/mol. The van der Waals surface area contributed by atoms with Gasteiger partial charge in [-0.25, -0.2) is 14.0 Å². The molecule has 0 saturated carbocycles. The second-order valence-corrected chi connectivity index (χ2v) is 9.47. The molecule has 0 saturated heterocycles. The number of aromatic nitrogens is 2. The van der Waals surface area contributed by atoms with Crippen molar-refractivity contribution in [2.75, 3.05) is 14.2 Å². The minimum Gasteiger partial charge on any atom is -0.455 e. The lowest BCUT2D eigenvalue weighted by Gasteiger charge is -2.34. The van der Waals surface area contributed by atoms with E-state index >= 15 is 4.39 Å². The summed E-state index contributed by atoms with van der Waals surface area (Å²) in [6.45, 7) is 1.49. The molecule has 11 heteroatoms. The molecule has 2 aromatic rings. The van der Waals surface area contributed by atoms with E-state index in [1.165, 1.54) is 57.7 Å². The Bertz CT molecular complexity index is 1210. The summed E-state index contributed by atoms with van der Waals surface area (Å²) < 4.78 is 44.4. The van der Waals surface area contributed by atoms with Gasteiger partial charge < -0.3 is 13.8 Å². The number of esters is 1. The van der Waals surface area contributed by atoms with E-state index < -0.39 is 49.0 Å². The fraction of sp³-hybridized carbons (Fsp3) is 0.318. The highest BCUT2D eigenvalue weighted by atomic mass is 31.2. The minimum atomic E-state index is -3.55. The molecule has 3 rings (SSSR count). The van der Waals surface area contributed by atoms with Gasteiger partial charge in [-0.3, -0.25) is 18.9 Å². The van der Waals surface area contributed by atoms with Crippen LogP contribution in [0.3, 0.4) is 0 Å². The highest BCUT2D eigenvalue weighted by molar-refractivity contribution is 7.57. The van der Waals surface area contributed by atoms with Crippen LogP contribution in [0.15, 0.2) is 70.2 Å². The molecule has 1 unspecified atom stereocenters. The van der Waals surface area contributed by atoms with Crippen LogP contribution in [0.1, 0.15) is 22.0 Å². The lowest BCUT2D eigenvalue weighted by Crippen LogP contribution is -2.45. The van der Waals surface area contributed by atoms with Gasteiger partial charge in [0.25, 0.3) is 5.56 Å². The molecule has 1 aliphatic carbocycles. The highest BCUT2D eigenvalue weighted by Crippen LogP contribution is 2.48. The quantitative estimate of drug-likeness (QED) is 0.369. The number of halogens is 1. The van der Waals surface area contributed by atoms with Crippen LogP contribution in [0.25, 0.3) is 0 Å². The zero-order valence-electron chi connectivity index (χ0n) is 18.2. The van der Waals surface area contributed by atoms with Gasteiger partial charge in [-0.2, -0.15) is 0 Å². The Hall–Kier alpha value is -3.07. The molecule has 0 bridgehead atoms. The summed E-state index contributed by atoms with van der Waals surface area (Å²) in [6, 6.07) is 6.90. The van der Waals surface area contributed by atoms with Gasteiger partial charge >= 0.3 is 19.3 Å². The number of hydrogen-bond donors (Lipinski definition) is 1. The van der Waals surface area contributed by atoms with Crippen molar-refractivity contribution < 1.29 is 27.5 Å². The number of nitrogens with zero attached hydrogens (tertiary/aromatic N) is 1. The van der Waals surface area contributed by atoms with Gasteiger partial charge in [-0.1, -0.05) is 36.4 Å². The fourth-order valence-corrected chi connectivity index (χ4v) is 4.20. The van der Waals surface area contributed by atoms with Crippen LogP contribution in [-0.4, -0.2) is 42.0 Å². The normalized spacial score (nSPS) is 23.0. The molecular formula is C22H24FN2O7P. The molecule has 1 N–H and O–H groups in total. The van der Waals surface area contributed by atoms with Crippen molar-refractivity contribution in [2.24, 2.45) is 5.92 Å². The largest absolute Gasteiger partial charge is 0.455 e. The number of carbonyl (C=O) groups excluding carboxylic acids is 1. The number of aromatic amines is 1. The zero-order chi connectivity index (χ0) is 24.2. The molecule has 1 heterocycles. The summed E-state index contributed by atoms with van der Waals surface area (Å²) in [5.41, 5.74) is -0.936. The van der Waals surface area contributed by atoms with Gasteiger partial charge in [-0.15, -0.1) is 0 Å². The second kappa shape index (κ2) is 10.2. The van der Waals surface area contributed by atoms with E-state index in [1.54, 1.807) is 18.2 Å². The van der Waals surface area contributed by atoms with E-state index in [9.17, 15) is 18.9 Å². The van der Waals surface area contributed by atoms with Gasteiger partial charge in [-0.05, 0) is 19.1 Å². The van der Waals surface area contributed by atoms with Crippen molar-refractivity contribution in [2.45, 2.75) is 25.2 Å². The Labute approximate surface area is 189 Å². The first kappa shape index (κ1) is 24.6. The van der Waals surface area contributed by atoms with Crippen LogP contribution in [-0.2, 0) is 18.3 Å². The molecule has 0 amide bonds. The molecule has 0 aliphatic heterocycles. The van der Waals surface area contributed by atoms with Crippen LogP contribution in [0.4, 0.5) is 4.39 Å². The SMILES string of the molecule is COP(=O)(/C=C/C1C=C[C@@H](n2cc(C)c(=O)[nH]c2=O)[C@H](F)[C@@H]1OC(=O)c1ccccc1)OC. The topological polar surface area (TPSA) is 117 Å². The summed E-state index contributed by atoms with van der Waals surface area (Å²) in [6.07, 6.45) is 2.34. The van der Waals surface area contributed by atoms with Crippen LogP contribution in [0, 0.1) is 12.8 Å². The molecule has 1 aliphatic rings. The molecule has 4 atom stereocenters. The van der Waals surface area contributed by atoms with Gasteiger partial charge in [0.1, 0.15) is 6.10 Å². The molecule has 176 valence electrons. The smallest absolute Gasteiger partial charge is 0.353 e. The summed E-state index contributed by atoms with van der Waals surface area (Å²) in [4.78, 5) is 38.8. The van der Waals surface area contributed by atoms with Gasteiger partial charge in [0, 0.05) is 37.7 Å². The number of allylic oxidation sites excluding steroid dienone is 1. The molecule has 33 heavy (non-hydrogen) atoms. The summed E-state index contributed by atoms with van der Waals surface area (Å²) in [5.74, 6) is -0.432. The lowest BCUT2D eigenvalue weighted by molar-refractivity contribution is -0.0151. The van der Waals surface area contributed by atoms with E-state index in [4.69, 9.17) is 13.8 Å². The van der Waals surface area contributed by atoms with Crippen LogP contribution in [0.2, 0.25) is 0 Å². The number of benzene rings is 1. The van der Waals surface area contributed by atoms with Crippen molar-refractivity contribution >= 4 is 13.6 Å². The zero-order valence-corrected chi connectivity index (χ0v) is 19.1. The van der Waals surface area contributed by atoms with Crippen molar-refractivity contribution in [1.82, 2.24) is 9.55 Å². The standard InChI is InChI=1S/C22H24FN2O7P/c1-14-13-25(22(28)24-20(14)26)17-10-9-15(11-12-33(29,30-2)31-3)19(18(17)23)32-21(27)16-7-5-4-6-8-16/h4-13,15,17-19H,1-3H3,(H,24,26,28)/b12-11+/t15?,17-,18+,19-/m1/s1. The number of alkyl halides is 1. The monoisotopic (exact) mass is 478 g/mol. The third-order valence-corrected chi connectivity index (χ3v) is 6.82. The maximum atomic E-state index is 15.8. The number of carbonyl (C=O) groups is 1. The molecule has 9 nitrogen and oxygen atoms in total. The van der Waals surface area contributed by atoms with Gasteiger partial charge in [0.15, 0.2) is 6.17 Å². The first-order valence-corrected chi connectivity index (χ1v) is 11.6. The Morgan fingerprint density at radius 2 is 1.82 bits per heavy atom. The number of aryl methyl sites for hydroxylation is 1. The van der Waals surface area contributed by atoms with Crippen molar-refractivity contribution in [3.05, 3.63) is 92.5 Å². The van der Waals surface area contributed by atoms with Gasteiger partial charge in [0.2, 0.25) is 0 Å². The first-order chi connectivity index (χ1) is 15.7. The van der Waals surface area contributed by atoms with Crippen LogP contribution in [0.5, 0.6) is 0 Å². The number of nitrogens with one attached hydrogen (secondary N) is 1. The van der Waals surface area contributed by atoms with Crippen molar-refractivity contribution in [1.29, 1.82) is 0 Å². The predicted octanol–water partition coefficient (Wildman–Crippen LogP) is 3.14. The third-order valence-electron chi connectivity index (χ3n) is 5.27. The second-order valence-electron chi connectivity index (χ2n) is 7.36. The van der Waals surface area contributed by atoms with Crippen molar-refractivity contribution in [3.63, 3.8) is 0 Å². The molecule has 1 aromatic heterocycles. The molecule has 0 spiro atoms. The summed E-state index contributed by atoms with van der Waals surface area (Å²) in [5, 5.41) is 0. The predicted molar refractivity (Wildman–Crippen MR) is 119 cm³/mol. The first-order valence-electron chi connectivity index (χ1n) is 10.00. The Morgan fingerprint density at radius 3 is 2.45 bits per heavy atom. The molecule has 0 fully saturated rings. The molecule has 1 aromatic carbocycles. The van der Waals surface area contributed by atoms with E-state index in [0.29, 0.717) is 0 Å². The number of ether oxygens (including phenoxy) is 1. The number of H-pyrrole nitrogens is 1. The maximum Gasteiger partial charge on any atom is 0.353 e. The van der Waals surface area contributed by atoms with E-state index in [0.717, 1.165) is 10.4 Å². The Morgan fingerprint density at radius 1 is 1.15 bits per heavy atom. The number of rotatable bonds is 7. The van der Waals surface area contributed by atoms with Crippen molar-refractivity contribution in [3.8, 4) is 0 Å². The Balaban J connectivity index is 2.00. The fourth-order valence-electron chi connectivity index (χ4n) is 3.40. The average Bonchev–Trinajstić information content (AvgIpc) is 2.82. The third kappa shape index (κ3) is 5.47. The lowest BCUT2D eigenvalue weighted by atomic mass is 9.87. The van der Waals surface area contributed by atoms with E-state index in [-0.39, 0.29) is 11.1 Å². The maximum absolute atomic E-state index is 15.8. The van der Waals surface area contributed by atoms with Gasteiger partial charge in [0.05, 0.1) is 11.6 Å². The van der Waals surface area contributed by atoms with Crippen LogP contribution < -0.4 is 11.2 Å². The summed E-state index contributed by atoms with van der Waals surface area (Å²) >= 11 is 0. The highest BCUT2D eigenvalue weighted by Gasteiger charge is 2.40. The van der Waals surface area contributed by atoms with Crippen LogP contribution >= 0.6 is 7.60 Å². The van der Waals surface area contributed by atoms with E-state index in [2.05, 4.69) is 4.98 Å². The minimum absolute atomic E-state index is 0.218. The summed E-state index contributed by atoms with van der Waals surface area (Å²) in [7, 11) is -1.14. The van der Waals surface area contributed by atoms with E-state index in [1.807, 2.05) is 0 Å². The average molecular weight is 478 g/mol.